The lowest BCUT2D eigenvalue weighted by molar-refractivity contribution is 0.0578. The number of ether oxygens (including phenoxy) is 1. The van der Waals surface area contributed by atoms with Gasteiger partial charge in [-0.25, -0.2) is 4.79 Å². The maximum atomic E-state index is 11.1. The van der Waals surface area contributed by atoms with Crippen molar-refractivity contribution in [2.24, 2.45) is 11.7 Å². The van der Waals surface area contributed by atoms with Gasteiger partial charge in [-0.15, -0.1) is 0 Å². The molecule has 1 aliphatic rings. The molecule has 5 heteroatoms. The fourth-order valence-electron chi connectivity index (χ4n) is 1.79. The van der Waals surface area contributed by atoms with E-state index in [-0.39, 0.29) is 12.0 Å². The van der Waals surface area contributed by atoms with Crippen molar-refractivity contribution in [1.82, 2.24) is 4.90 Å². The molecule has 3 N–H and O–H groups in total. The molecule has 1 amide bonds. The van der Waals surface area contributed by atoms with Crippen molar-refractivity contribution in [1.29, 1.82) is 0 Å². The molecule has 1 atom stereocenters. The predicted octanol–water partition coefficient (Wildman–Crippen LogP) is -0.216. The number of hydrogen-bond donors (Lipinski definition) is 2. The number of amides is 1. The first-order valence-corrected chi connectivity index (χ1v) is 4.90. The summed E-state index contributed by atoms with van der Waals surface area (Å²) in [4.78, 5) is 12.8. The Hall–Kier alpha value is -0.810. The molecule has 14 heavy (non-hydrogen) atoms. The lowest BCUT2D eigenvalue weighted by atomic mass is 9.91. The van der Waals surface area contributed by atoms with E-state index in [0.717, 1.165) is 12.8 Å². The molecule has 1 heterocycles. The topological polar surface area (TPSA) is 75.8 Å². The maximum absolute atomic E-state index is 11.1. The van der Waals surface area contributed by atoms with Crippen LogP contribution in [-0.4, -0.2) is 48.9 Å². The summed E-state index contributed by atoms with van der Waals surface area (Å²) in [5, 5.41) is 9.51. The lowest BCUT2D eigenvalue weighted by Crippen LogP contribution is -2.42. The molecule has 1 rings (SSSR count). The van der Waals surface area contributed by atoms with Gasteiger partial charge in [0.05, 0.1) is 13.2 Å². The van der Waals surface area contributed by atoms with Gasteiger partial charge in [-0.2, -0.15) is 0 Å². The Morgan fingerprint density at radius 3 is 2.64 bits per heavy atom. The highest BCUT2D eigenvalue weighted by Crippen LogP contribution is 2.20. The van der Waals surface area contributed by atoms with Crippen LogP contribution in [0.5, 0.6) is 0 Å². The molecule has 1 unspecified atom stereocenters. The number of aliphatic hydroxyl groups is 1. The van der Waals surface area contributed by atoms with Crippen LogP contribution in [0, 0.1) is 5.92 Å². The Bertz CT molecular complexity index is 190. The predicted molar refractivity (Wildman–Crippen MR) is 51.8 cm³/mol. The van der Waals surface area contributed by atoms with E-state index < -0.39 is 6.10 Å². The largest absolute Gasteiger partial charge is 0.453 e. The summed E-state index contributed by atoms with van der Waals surface area (Å²) in [6.45, 7) is 1.59. The van der Waals surface area contributed by atoms with Crippen molar-refractivity contribution in [2.45, 2.75) is 18.9 Å². The van der Waals surface area contributed by atoms with Gasteiger partial charge in [0.1, 0.15) is 0 Å². The molecule has 0 aromatic rings. The van der Waals surface area contributed by atoms with E-state index in [4.69, 9.17) is 5.73 Å². The van der Waals surface area contributed by atoms with E-state index in [1.165, 1.54) is 7.11 Å². The molecule has 0 aliphatic carbocycles. The molecule has 5 nitrogen and oxygen atoms in total. The van der Waals surface area contributed by atoms with Crippen LogP contribution in [0.4, 0.5) is 4.79 Å². The summed E-state index contributed by atoms with van der Waals surface area (Å²) in [5.41, 5.74) is 5.37. The van der Waals surface area contributed by atoms with Gasteiger partial charge < -0.3 is 20.5 Å². The first-order valence-electron chi connectivity index (χ1n) is 4.90. The van der Waals surface area contributed by atoms with Crippen molar-refractivity contribution in [3.63, 3.8) is 0 Å². The van der Waals surface area contributed by atoms with Crippen LogP contribution < -0.4 is 5.73 Å². The fraction of sp³-hybridized carbons (Fsp3) is 0.889. The maximum Gasteiger partial charge on any atom is 0.409 e. The molecule has 0 radical (unpaired) electrons. The van der Waals surface area contributed by atoms with Gasteiger partial charge in [-0.05, 0) is 18.8 Å². The highest BCUT2D eigenvalue weighted by atomic mass is 16.5. The van der Waals surface area contributed by atoms with Crippen LogP contribution in [0.25, 0.3) is 0 Å². The number of nitrogens with zero attached hydrogens (tertiary/aromatic N) is 1. The minimum absolute atomic E-state index is 0.223. The van der Waals surface area contributed by atoms with Gasteiger partial charge in [0.2, 0.25) is 0 Å². The van der Waals surface area contributed by atoms with Crippen LogP contribution in [0.3, 0.4) is 0 Å². The summed E-state index contributed by atoms with van der Waals surface area (Å²) in [5.74, 6) is 0.223. The molecular weight excluding hydrogens is 184 g/mol. The van der Waals surface area contributed by atoms with Crippen molar-refractivity contribution >= 4 is 6.09 Å². The average molecular weight is 202 g/mol. The second-order valence-corrected chi connectivity index (χ2v) is 3.60. The molecule has 1 aliphatic heterocycles. The van der Waals surface area contributed by atoms with Gasteiger partial charge in [-0.3, -0.25) is 0 Å². The number of piperidine rings is 1. The van der Waals surface area contributed by atoms with Crippen molar-refractivity contribution < 1.29 is 14.6 Å². The first kappa shape index (κ1) is 11.3. The summed E-state index contributed by atoms with van der Waals surface area (Å²) < 4.78 is 4.61. The zero-order valence-corrected chi connectivity index (χ0v) is 8.48. The normalized spacial score (nSPS) is 20.6. The number of rotatable bonds is 2. The number of hydrogen-bond acceptors (Lipinski definition) is 4. The summed E-state index contributed by atoms with van der Waals surface area (Å²) in [7, 11) is 1.38. The smallest absolute Gasteiger partial charge is 0.409 e. The van der Waals surface area contributed by atoms with Crippen LogP contribution in [-0.2, 0) is 4.74 Å². The third kappa shape index (κ3) is 2.59. The molecule has 0 aromatic carbocycles. The van der Waals surface area contributed by atoms with E-state index in [0.29, 0.717) is 19.6 Å². The summed E-state index contributed by atoms with van der Waals surface area (Å²) in [6.07, 6.45) is 0.876. The van der Waals surface area contributed by atoms with Gasteiger partial charge in [-0.1, -0.05) is 0 Å². The van der Waals surface area contributed by atoms with Crippen molar-refractivity contribution in [3.05, 3.63) is 0 Å². The number of nitrogens with two attached hydrogens (primary N) is 1. The quantitative estimate of drug-likeness (QED) is 0.649. The second-order valence-electron chi connectivity index (χ2n) is 3.60. The molecule has 1 fully saturated rings. The van der Waals surface area contributed by atoms with Crippen LogP contribution in [0.1, 0.15) is 12.8 Å². The molecule has 1 saturated heterocycles. The Morgan fingerprint density at radius 1 is 1.64 bits per heavy atom. The van der Waals surface area contributed by atoms with E-state index in [1.807, 2.05) is 0 Å². The summed E-state index contributed by atoms with van der Waals surface area (Å²) in [6, 6.07) is 0. The van der Waals surface area contributed by atoms with Crippen LogP contribution in [0.15, 0.2) is 0 Å². The number of aliphatic hydroxyl groups excluding tert-OH is 1. The van der Waals surface area contributed by atoms with E-state index in [2.05, 4.69) is 4.74 Å². The first-order chi connectivity index (χ1) is 6.69. The van der Waals surface area contributed by atoms with Gasteiger partial charge >= 0.3 is 6.09 Å². The lowest BCUT2D eigenvalue weighted by Gasteiger charge is -2.32. The Kier molecular flexibility index (Phi) is 4.16. The molecule has 0 bridgehead atoms. The van der Waals surface area contributed by atoms with E-state index >= 15 is 0 Å². The minimum atomic E-state index is -0.435. The van der Waals surface area contributed by atoms with Crippen LogP contribution in [0.2, 0.25) is 0 Å². The third-order valence-electron chi connectivity index (χ3n) is 2.76. The molecular formula is C9H18N2O3. The average Bonchev–Trinajstić information content (AvgIpc) is 2.27. The number of likely N-dealkylation sites (tertiary alicyclic amines) is 1. The highest BCUT2D eigenvalue weighted by Gasteiger charge is 2.26. The standard InChI is InChI=1S/C9H18N2O3/c1-14-9(13)11-4-2-7(3-5-11)8(12)6-10/h7-8,12H,2-6,10H2,1H3. The third-order valence-corrected chi connectivity index (χ3v) is 2.76. The Morgan fingerprint density at radius 2 is 2.21 bits per heavy atom. The molecule has 0 spiro atoms. The van der Waals surface area contributed by atoms with Gasteiger partial charge in [0, 0.05) is 19.6 Å². The van der Waals surface area contributed by atoms with Gasteiger partial charge in [0.15, 0.2) is 0 Å². The molecule has 82 valence electrons. The van der Waals surface area contributed by atoms with Gasteiger partial charge in [0.25, 0.3) is 0 Å². The van der Waals surface area contributed by atoms with E-state index in [1.54, 1.807) is 4.90 Å². The SMILES string of the molecule is COC(=O)N1CCC(C(O)CN)CC1. The monoisotopic (exact) mass is 202 g/mol. The zero-order chi connectivity index (χ0) is 10.6. The van der Waals surface area contributed by atoms with Crippen molar-refractivity contribution in [2.75, 3.05) is 26.7 Å². The fourth-order valence-corrected chi connectivity index (χ4v) is 1.79. The number of carbonyl (C=O) groups is 1. The Balaban J connectivity index is 2.34. The minimum Gasteiger partial charge on any atom is -0.453 e. The number of methoxy groups -OCH3 is 1. The molecule has 0 saturated carbocycles. The van der Waals surface area contributed by atoms with E-state index in [9.17, 15) is 9.90 Å². The molecule has 0 aromatic heterocycles. The van der Waals surface area contributed by atoms with Crippen molar-refractivity contribution in [3.8, 4) is 0 Å². The Labute approximate surface area is 83.8 Å². The zero-order valence-electron chi connectivity index (χ0n) is 8.48. The van der Waals surface area contributed by atoms with Crippen LogP contribution >= 0.6 is 0 Å². The number of carbonyl (C=O) groups excluding carboxylic acids is 1. The highest BCUT2D eigenvalue weighted by molar-refractivity contribution is 5.67. The summed E-state index contributed by atoms with van der Waals surface area (Å²) >= 11 is 0. The second kappa shape index (κ2) is 5.17.